The van der Waals surface area contributed by atoms with Crippen LogP contribution in [0.25, 0.3) is 6.08 Å². The molecular formula is C22H21ClFNO4. The van der Waals surface area contributed by atoms with Gasteiger partial charge in [0.1, 0.15) is 11.6 Å². The summed E-state index contributed by atoms with van der Waals surface area (Å²) in [6.45, 7) is 0.0621. The maximum absolute atomic E-state index is 13.7. The van der Waals surface area contributed by atoms with Crippen LogP contribution in [-0.4, -0.2) is 36.5 Å². The molecule has 1 fully saturated rings. The van der Waals surface area contributed by atoms with Gasteiger partial charge >= 0.3 is 5.97 Å². The van der Waals surface area contributed by atoms with E-state index in [9.17, 15) is 14.0 Å². The Kier molecular flexibility index (Phi) is 6.88. The van der Waals surface area contributed by atoms with Crippen molar-refractivity contribution >= 4 is 29.6 Å². The van der Waals surface area contributed by atoms with Gasteiger partial charge in [-0.15, -0.1) is 0 Å². The van der Waals surface area contributed by atoms with Gasteiger partial charge in [0.05, 0.1) is 12.1 Å². The van der Waals surface area contributed by atoms with Crippen molar-refractivity contribution in [1.29, 1.82) is 0 Å². The molecule has 0 aromatic heterocycles. The van der Waals surface area contributed by atoms with E-state index in [4.69, 9.17) is 21.1 Å². The van der Waals surface area contributed by atoms with Crippen molar-refractivity contribution < 1.29 is 23.5 Å². The first-order valence-corrected chi connectivity index (χ1v) is 9.57. The van der Waals surface area contributed by atoms with Crippen molar-refractivity contribution in [1.82, 2.24) is 4.90 Å². The Balaban J connectivity index is 1.56. The zero-order chi connectivity index (χ0) is 20.8. The van der Waals surface area contributed by atoms with E-state index < -0.39 is 11.8 Å². The number of ether oxygens (including phenoxy) is 2. The predicted molar refractivity (Wildman–Crippen MR) is 108 cm³/mol. The van der Waals surface area contributed by atoms with Crippen molar-refractivity contribution in [2.24, 2.45) is 0 Å². The maximum Gasteiger partial charge on any atom is 0.331 e. The van der Waals surface area contributed by atoms with Crippen LogP contribution in [-0.2, 0) is 20.9 Å². The maximum atomic E-state index is 13.7. The standard InChI is InChI=1S/C22H21ClFNO4/c1-28-17-9-5-15(6-10-17)13-25(16-7-8-16)21(26)14-29-22(27)12-11-18-19(23)3-2-4-20(18)24/h2-6,9-12,16H,7-8,13-14H2,1H3/b12-11+. The molecule has 0 aliphatic heterocycles. The van der Waals surface area contributed by atoms with Gasteiger partial charge in [0.25, 0.3) is 5.91 Å². The summed E-state index contributed by atoms with van der Waals surface area (Å²) in [5.74, 6) is -0.808. The molecule has 5 nitrogen and oxygen atoms in total. The van der Waals surface area contributed by atoms with Crippen LogP contribution >= 0.6 is 11.6 Å². The number of esters is 1. The van der Waals surface area contributed by atoms with Crippen LogP contribution in [0.4, 0.5) is 4.39 Å². The Labute approximate surface area is 173 Å². The fourth-order valence-electron chi connectivity index (χ4n) is 2.82. The van der Waals surface area contributed by atoms with Gasteiger partial charge in [-0.1, -0.05) is 29.8 Å². The SMILES string of the molecule is COc1ccc(CN(C(=O)COC(=O)/C=C/c2c(F)cccc2Cl)C2CC2)cc1. The summed E-state index contributed by atoms with van der Waals surface area (Å²) < 4.78 is 23.9. The van der Waals surface area contributed by atoms with Crippen molar-refractivity contribution in [3.8, 4) is 5.75 Å². The van der Waals surface area contributed by atoms with Gasteiger partial charge in [0.15, 0.2) is 6.61 Å². The highest BCUT2D eigenvalue weighted by atomic mass is 35.5. The fourth-order valence-corrected chi connectivity index (χ4v) is 3.05. The minimum atomic E-state index is -0.738. The van der Waals surface area contributed by atoms with E-state index in [1.165, 1.54) is 24.3 Å². The first-order chi connectivity index (χ1) is 14.0. The van der Waals surface area contributed by atoms with Gasteiger partial charge in [-0.25, -0.2) is 9.18 Å². The van der Waals surface area contributed by atoms with Gasteiger partial charge in [-0.05, 0) is 48.7 Å². The van der Waals surface area contributed by atoms with Gasteiger partial charge < -0.3 is 14.4 Å². The second kappa shape index (κ2) is 9.56. The van der Waals surface area contributed by atoms with Crippen LogP contribution in [0.2, 0.25) is 5.02 Å². The summed E-state index contributed by atoms with van der Waals surface area (Å²) in [5, 5.41) is 0.185. The van der Waals surface area contributed by atoms with Crippen LogP contribution < -0.4 is 4.74 Å². The zero-order valence-corrected chi connectivity index (χ0v) is 16.7. The molecule has 7 heteroatoms. The molecule has 1 aliphatic carbocycles. The number of amides is 1. The third kappa shape index (κ3) is 5.81. The molecule has 0 heterocycles. The number of hydrogen-bond donors (Lipinski definition) is 0. The molecule has 1 saturated carbocycles. The summed E-state index contributed by atoms with van der Waals surface area (Å²) in [6.07, 6.45) is 4.16. The second-order valence-corrected chi connectivity index (χ2v) is 7.08. The molecule has 0 radical (unpaired) electrons. The average molecular weight is 418 g/mol. The highest BCUT2D eigenvalue weighted by molar-refractivity contribution is 6.32. The number of hydrogen-bond acceptors (Lipinski definition) is 4. The fraction of sp³-hybridized carbons (Fsp3) is 0.273. The Morgan fingerprint density at radius 1 is 1.21 bits per heavy atom. The van der Waals surface area contributed by atoms with E-state index in [-0.39, 0.29) is 29.1 Å². The number of carbonyl (C=O) groups excluding carboxylic acids is 2. The lowest BCUT2D eigenvalue weighted by Crippen LogP contribution is -2.35. The largest absolute Gasteiger partial charge is 0.497 e. The molecule has 0 atom stereocenters. The number of nitrogens with zero attached hydrogens (tertiary/aromatic N) is 1. The molecule has 2 aromatic rings. The minimum Gasteiger partial charge on any atom is -0.497 e. The molecule has 3 rings (SSSR count). The third-order valence-corrected chi connectivity index (χ3v) is 4.87. The average Bonchev–Trinajstić information content (AvgIpc) is 3.55. The quantitative estimate of drug-likeness (QED) is 0.476. The Hall–Kier alpha value is -2.86. The molecule has 0 N–H and O–H groups in total. The summed E-state index contributed by atoms with van der Waals surface area (Å²) in [4.78, 5) is 26.2. The highest BCUT2D eigenvalue weighted by Gasteiger charge is 2.32. The molecule has 0 unspecified atom stereocenters. The van der Waals surface area contributed by atoms with E-state index in [1.54, 1.807) is 12.0 Å². The van der Waals surface area contributed by atoms with Gasteiger partial charge in [-0.2, -0.15) is 0 Å². The third-order valence-electron chi connectivity index (χ3n) is 4.54. The van der Waals surface area contributed by atoms with Crippen molar-refractivity contribution in [3.63, 3.8) is 0 Å². The Morgan fingerprint density at radius 2 is 1.93 bits per heavy atom. The van der Waals surface area contributed by atoms with Crippen molar-refractivity contribution in [2.45, 2.75) is 25.4 Å². The van der Waals surface area contributed by atoms with E-state index in [2.05, 4.69) is 0 Å². The first-order valence-electron chi connectivity index (χ1n) is 9.19. The van der Waals surface area contributed by atoms with Crippen molar-refractivity contribution in [2.75, 3.05) is 13.7 Å². The van der Waals surface area contributed by atoms with Crippen LogP contribution in [0.5, 0.6) is 5.75 Å². The van der Waals surface area contributed by atoms with Crippen LogP contribution in [0.1, 0.15) is 24.0 Å². The first kappa shape index (κ1) is 20.9. The summed E-state index contributed by atoms with van der Waals surface area (Å²) in [5.41, 5.74) is 1.06. The van der Waals surface area contributed by atoms with E-state index in [0.29, 0.717) is 6.54 Å². The van der Waals surface area contributed by atoms with Crippen molar-refractivity contribution in [3.05, 3.63) is 70.5 Å². The van der Waals surface area contributed by atoms with E-state index in [0.717, 1.165) is 30.2 Å². The molecule has 1 amide bonds. The molecule has 1 aliphatic rings. The Morgan fingerprint density at radius 3 is 2.55 bits per heavy atom. The summed E-state index contributed by atoms with van der Waals surface area (Å²) in [7, 11) is 1.60. The number of methoxy groups -OCH3 is 1. The van der Waals surface area contributed by atoms with Gasteiger partial charge in [0.2, 0.25) is 0 Å². The molecular weight excluding hydrogens is 397 g/mol. The molecule has 29 heavy (non-hydrogen) atoms. The number of halogens is 2. The monoisotopic (exact) mass is 417 g/mol. The molecule has 152 valence electrons. The summed E-state index contributed by atoms with van der Waals surface area (Å²) in [6, 6.07) is 11.9. The lowest BCUT2D eigenvalue weighted by atomic mass is 10.2. The molecule has 0 saturated heterocycles. The topological polar surface area (TPSA) is 55.8 Å². The normalized spacial score (nSPS) is 13.3. The predicted octanol–water partition coefficient (Wildman–Crippen LogP) is 4.24. The van der Waals surface area contributed by atoms with Gasteiger partial charge in [0, 0.05) is 24.2 Å². The lowest BCUT2D eigenvalue weighted by Gasteiger charge is -2.22. The van der Waals surface area contributed by atoms with Crippen LogP contribution in [0.3, 0.4) is 0 Å². The molecule has 2 aromatic carbocycles. The smallest absolute Gasteiger partial charge is 0.331 e. The van der Waals surface area contributed by atoms with Crippen LogP contribution in [0.15, 0.2) is 48.5 Å². The highest BCUT2D eigenvalue weighted by Crippen LogP contribution is 2.29. The van der Waals surface area contributed by atoms with Gasteiger partial charge in [-0.3, -0.25) is 4.79 Å². The second-order valence-electron chi connectivity index (χ2n) is 6.68. The zero-order valence-electron chi connectivity index (χ0n) is 15.9. The van der Waals surface area contributed by atoms with E-state index in [1.807, 2.05) is 24.3 Å². The number of benzene rings is 2. The number of rotatable bonds is 8. The Bertz CT molecular complexity index is 889. The lowest BCUT2D eigenvalue weighted by molar-refractivity contribution is -0.148. The summed E-state index contributed by atoms with van der Waals surface area (Å²) >= 11 is 5.91. The molecule has 0 spiro atoms. The van der Waals surface area contributed by atoms with E-state index >= 15 is 0 Å². The molecule has 0 bridgehead atoms. The van der Waals surface area contributed by atoms with Crippen LogP contribution in [0, 0.1) is 5.82 Å². The minimum absolute atomic E-state index is 0.0940. The number of carbonyl (C=O) groups is 2.